The van der Waals surface area contributed by atoms with Gasteiger partial charge in [0.05, 0.1) is 12.0 Å². The minimum absolute atomic E-state index is 0.00960. The number of hydrogen-bond acceptors (Lipinski definition) is 3. The van der Waals surface area contributed by atoms with Crippen molar-refractivity contribution in [3.05, 3.63) is 28.8 Å². The molecule has 0 atom stereocenters. The smallest absolute Gasteiger partial charge is 0.312 e. The van der Waals surface area contributed by atoms with Gasteiger partial charge in [-0.05, 0) is 26.0 Å². The van der Waals surface area contributed by atoms with Gasteiger partial charge in [0.1, 0.15) is 12.4 Å². The Bertz CT molecular complexity index is 415. The predicted octanol–water partition coefficient (Wildman–Crippen LogP) is 2.32. The molecule has 0 aliphatic carbocycles. The Morgan fingerprint density at radius 1 is 1.47 bits per heavy atom. The Morgan fingerprint density at radius 2 is 2.12 bits per heavy atom. The summed E-state index contributed by atoms with van der Waals surface area (Å²) in [6.07, 6.45) is 0. The third-order valence-corrected chi connectivity index (χ3v) is 2.76. The number of aliphatic carboxylic acids is 1. The van der Waals surface area contributed by atoms with Gasteiger partial charge in [0.25, 0.3) is 0 Å². The molecule has 0 spiro atoms. The highest BCUT2D eigenvalue weighted by molar-refractivity contribution is 6.31. The van der Waals surface area contributed by atoms with Crippen LogP contribution in [0.4, 0.5) is 0 Å². The molecule has 0 aliphatic heterocycles. The largest absolute Gasteiger partial charge is 0.492 e. The van der Waals surface area contributed by atoms with Crippen molar-refractivity contribution in [1.82, 2.24) is 0 Å². The first-order valence-electron chi connectivity index (χ1n) is 5.13. The number of ether oxygens (including phenoxy) is 1. The summed E-state index contributed by atoms with van der Waals surface area (Å²) < 4.78 is 5.41. The zero-order valence-electron chi connectivity index (χ0n) is 9.74. The van der Waals surface area contributed by atoms with Crippen LogP contribution in [0.1, 0.15) is 19.4 Å². The molecular formula is C12H15ClO4. The van der Waals surface area contributed by atoms with Gasteiger partial charge < -0.3 is 14.9 Å². The Balaban J connectivity index is 2.83. The fraction of sp³-hybridized carbons (Fsp3) is 0.417. The molecule has 94 valence electrons. The van der Waals surface area contributed by atoms with Crippen molar-refractivity contribution in [2.45, 2.75) is 20.5 Å². The molecule has 1 aromatic rings. The average molecular weight is 259 g/mol. The molecule has 0 bridgehead atoms. The van der Waals surface area contributed by atoms with Gasteiger partial charge in [-0.15, -0.1) is 0 Å². The normalized spacial score (nSPS) is 11.3. The van der Waals surface area contributed by atoms with E-state index >= 15 is 0 Å². The summed E-state index contributed by atoms with van der Waals surface area (Å²) in [5.74, 6) is -0.528. The van der Waals surface area contributed by atoms with Crippen LogP contribution in [0.25, 0.3) is 0 Å². The van der Waals surface area contributed by atoms with Crippen molar-refractivity contribution in [3.63, 3.8) is 0 Å². The Kier molecular flexibility index (Phi) is 4.37. The van der Waals surface area contributed by atoms with E-state index in [1.165, 1.54) is 0 Å². The van der Waals surface area contributed by atoms with Gasteiger partial charge in [-0.1, -0.05) is 17.7 Å². The highest BCUT2D eigenvalue weighted by Crippen LogP contribution is 2.28. The van der Waals surface area contributed by atoms with Crippen molar-refractivity contribution in [2.75, 3.05) is 6.61 Å². The lowest BCUT2D eigenvalue weighted by molar-refractivity contribution is -0.148. The van der Waals surface area contributed by atoms with Crippen molar-refractivity contribution < 1.29 is 19.7 Å². The number of aliphatic hydroxyl groups excluding tert-OH is 1. The molecule has 0 fully saturated rings. The molecule has 0 saturated heterocycles. The van der Waals surface area contributed by atoms with Gasteiger partial charge in [-0.2, -0.15) is 0 Å². The van der Waals surface area contributed by atoms with E-state index in [0.29, 0.717) is 16.3 Å². The van der Waals surface area contributed by atoms with E-state index in [1.54, 1.807) is 32.0 Å². The number of carbonyl (C=O) groups is 1. The fourth-order valence-corrected chi connectivity index (χ4v) is 1.37. The SMILES string of the molecule is CC(C)(COc1cccc(Cl)c1CO)C(=O)O. The Morgan fingerprint density at radius 3 is 2.65 bits per heavy atom. The van der Waals surface area contributed by atoms with Crippen LogP contribution in [0.3, 0.4) is 0 Å². The predicted molar refractivity (Wildman–Crippen MR) is 64.3 cm³/mol. The van der Waals surface area contributed by atoms with Gasteiger partial charge in [-0.25, -0.2) is 0 Å². The van der Waals surface area contributed by atoms with Crippen LogP contribution in [0.15, 0.2) is 18.2 Å². The number of carboxylic acids is 1. The number of rotatable bonds is 5. The second-order valence-electron chi connectivity index (χ2n) is 4.35. The van der Waals surface area contributed by atoms with E-state index in [9.17, 15) is 4.79 Å². The Labute approximate surface area is 105 Å². The van der Waals surface area contributed by atoms with E-state index in [1.807, 2.05) is 0 Å². The van der Waals surface area contributed by atoms with E-state index in [0.717, 1.165) is 0 Å². The number of carboxylic acid groups (broad SMARTS) is 1. The van der Waals surface area contributed by atoms with Crippen LogP contribution in [0.2, 0.25) is 5.02 Å². The number of hydrogen-bond donors (Lipinski definition) is 2. The minimum Gasteiger partial charge on any atom is -0.492 e. The summed E-state index contributed by atoms with van der Waals surface area (Å²) in [6.45, 7) is 2.90. The first-order chi connectivity index (χ1) is 7.88. The van der Waals surface area contributed by atoms with Crippen molar-refractivity contribution in [1.29, 1.82) is 0 Å². The van der Waals surface area contributed by atoms with Gasteiger partial charge in [0, 0.05) is 10.6 Å². The molecule has 1 rings (SSSR count). The maximum absolute atomic E-state index is 10.9. The lowest BCUT2D eigenvalue weighted by atomic mass is 9.95. The number of benzene rings is 1. The number of halogens is 1. The molecule has 0 aromatic heterocycles. The third kappa shape index (κ3) is 3.35. The van der Waals surface area contributed by atoms with Crippen molar-refractivity contribution in [2.24, 2.45) is 5.41 Å². The van der Waals surface area contributed by atoms with E-state index in [2.05, 4.69) is 0 Å². The lowest BCUT2D eigenvalue weighted by Crippen LogP contribution is -2.30. The second kappa shape index (κ2) is 5.38. The molecule has 2 N–H and O–H groups in total. The van der Waals surface area contributed by atoms with Gasteiger partial charge in [0.2, 0.25) is 0 Å². The second-order valence-corrected chi connectivity index (χ2v) is 4.76. The van der Waals surface area contributed by atoms with Gasteiger partial charge in [0.15, 0.2) is 0 Å². The van der Waals surface area contributed by atoms with Crippen LogP contribution >= 0.6 is 11.6 Å². The average Bonchev–Trinajstić information content (AvgIpc) is 2.26. The quantitative estimate of drug-likeness (QED) is 0.851. The van der Waals surface area contributed by atoms with E-state index in [-0.39, 0.29) is 13.2 Å². The molecule has 0 unspecified atom stereocenters. The molecule has 0 aliphatic rings. The summed E-state index contributed by atoms with van der Waals surface area (Å²) in [5, 5.41) is 18.5. The maximum atomic E-state index is 10.9. The van der Waals surface area contributed by atoms with E-state index in [4.69, 9.17) is 26.6 Å². The van der Waals surface area contributed by atoms with Crippen molar-refractivity contribution in [3.8, 4) is 5.75 Å². The first kappa shape index (κ1) is 13.8. The number of aliphatic hydroxyl groups is 1. The molecule has 1 aromatic carbocycles. The highest BCUT2D eigenvalue weighted by Gasteiger charge is 2.28. The van der Waals surface area contributed by atoms with Crippen molar-refractivity contribution >= 4 is 17.6 Å². The standard InChI is InChI=1S/C12H15ClO4/c1-12(2,11(15)16)7-17-10-5-3-4-9(13)8(10)6-14/h3-5,14H,6-7H2,1-2H3,(H,15,16). The molecule has 0 radical (unpaired) electrons. The molecule has 0 amide bonds. The lowest BCUT2D eigenvalue weighted by Gasteiger charge is -2.20. The molecule has 4 nitrogen and oxygen atoms in total. The molecule has 17 heavy (non-hydrogen) atoms. The Hall–Kier alpha value is -1.26. The van der Waals surface area contributed by atoms with Gasteiger partial charge >= 0.3 is 5.97 Å². The monoisotopic (exact) mass is 258 g/mol. The zero-order valence-corrected chi connectivity index (χ0v) is 10.5. The van der Waals surface area contributed by atoms with Crippen LogP contribution in [-0.2, 0) is 11.4 Å². The van der Waals surface area contributed by atoms with Crippen LogP contribution in [-0.4, -0.2) is 22.8 Å². The van der Waals surface area contributed by atoms with Crippen LogP contribution in [0, 0.1) is 5.41 Å². The topological polar surface area (TPSA) is 66.8 Å². The van der Waals surface area contributed by atoms with Crippen LogP contribution in [0.5, 0.6) is 5.75 Å². The minimum atomic E-state index is -0.991. The third-order valence-electron chi connectivity index (χ3n) is 2.40. The molecule has 0 saturated carbocycles. The first-order valence-corrected chi connectivity index (χ1v) is 5.50. The molecule has 5 heteroatoms. The molecular weight excluding hydrogens is 244 g/mol. The zero-order chi connectivity index (χ0) is 13.1. The van der Waals surface area contributed by atoms with Crippen LogP contribution < -0.4 is 4.74 Å². The molecule has 0 heterocycles. The summed E-state index contributed by atoms with van der Waals surface area (Å²) in [4.78, 5) is 10.9. The summed E-state index contributed by atoms with van der Waals surface area (Å²) in [7, 11) is 0. The summed E-state index contributed by atoms with van der Waals surface area (Å²) in [5.41, 5.74) is -0.523. The van der Waals surface area contributed by atoms with E-state index < -0.39 is 11.4 Å². The highest BCUT2D eigenvalue weighted by atomic mass is 35.5. The summed E-state index contributed by atoms with van der Waals surface area (Å²) >= 11 is 5.89. The maximum Gasteiger partial charge on any atom is 0.312 e. The fourth-order valence-electron chi connectivity index (χ4n) is 1.15. The van der Waals surface area contributed by atoms with Gasteiger partial charge in [-0.3, -0.25) is 4.79 Å². The summed E-state index contributed by atoms with van der Waals surface area (Å²) in [6, 6.07) is 4.97.